The van der Waals surface area contributed by atoms with Crippen molar-refractivity contribution in [1.82, 2.24) is 9.97 Å². The molecule has 0 spiro atoms. The number of aromatic amines is 1. The number of hydrogen-bond donors (Lipinski definition) is 2. The molecule has 0 radical (unpaired) electrons. The van der Waals surface area contributed by atoms with Gasteiger partial charge >= 0.3 is 0 Å². The van der Waals surface area contributed by atoms with Crippen LogP contribution in [0.5, 0.6) is 0 Å². The molecule has 0 aliphatic carbocycles. The van der Waals surface area contributed by atoms with E-state index in [2.05, 4.69) is 34.0 Å². The number of rotatable bonds is 5. The molecule has 0 unspecified atom stereocenters. The monoisotopic (exact) mass is 300 g/mol. The molecule has 0 fully saturated rings. The summed E-state index contributed by atoms with van der Waals surface area (Å²) >= 11 is 0. The van der Waals surface area contributed by atoms with Gasteiger partial charge in [0, 0.05) is 30.7 Å². The Morgan fingerprint density at radius 1 is 1.32 bits per heavy atom. The van der Waals surface area contributed by atoms with Crippen molar-refractivity contribution < 1.29 is 4.79 Å². The number of nitrogens with one attached hydrogen (secondary N) is 2. The molecule has 116 valence electrons. The van der Waals surface area contributed by atoms with Crippen LogP contribution in [0.4, 0.5) is 11.4 Å². The first-order chi connectivity index (χ1) is 10.5. The van der Waals surface area contributed by atoms with Crippen LogP contribution in [0.3, 0.4) is 0 Å². The Hall–Kier alpha value is -2.63. The van der Waals surface area contributed by atoms with E-state index in [0.717, 1.165) is 36.2 Å². The van der Waals surface area contributed by atoms with E-state index in [0.29, 0.717) is 0 Å². The van der Waals surface area contributed by atoms with E-state index in [1.165, 1.54) is 6.20 Å². The zero-order valence-electron chi connectivity index (χ0n) is 13.0. The average molecular weight is 300 g/mol. The number of carbonyl (C=O) groups is 1. The van der Waals surface area contributed by atoms with E-state index in [1.807, 2.05) is 25.1 Å². The number of nitrogens with zero attached hydrogens (tertiary/aromatic N) is 2. The molecule has 6 heteroatoms. The minimum absolute atomic E-state index is 0.173. The van der Waals surface area contributed by atoms with Gasteiger partial charge in [-0.15, -0.1) is 0 Å². The van der Waals surface area contributed by atoms with E-state index in [4.69, 9.17) is 0 Å². The van der Waals surface area contributed by atoms with Gasteiger partial charge < -0.3 is 15.2 Å². The summed E-state index contributed by atoms with van der Waals surface area (Å²) in [6.45, 7) is 8.03. The van der Waals surface area contributed by atoms with Gasteiger partial charge in [-0.1, -0.05) is 0 Å². The van der Waals surface area contributed by atoms with Crippen LogP contribution in [-0.4, -0.2) is 29.0 Å². The quantitative estimate of drug-likeness (QED) is 0.887. The molecule has 1 heterocycles. The van der Waals surface area contributed by atoms with Gasteiger partial charge in [0.15, 0.2) is 0 Å². The van der Waals surface area contributed by atoms with Crippen molar-refractivity contribution >= 4 is 17.3 Å². The van der Waals surface area contributed by atoms with Crippen molar-refractivity contribution in [2.75, 3.05) is 23.3 Å². The molecule has 0 atom stereocenters. The highest BCUT2D eigenvalue weighted by Gasteiger charge is 2.10. The predicted octanol–water partition coefficient (Wildman–Crippen LogP) is 2.18. The van der Waals surface area contributed by atoms with Gasteiger partial charge in [-0.05, 0) is 44.5 Å². The lowest BCUT2D eigenvalue weighted by molar-refractivity contribution is 0.102. The Labute approximate surface area is 129 Å². The predicted molar refractivity (Wildman–Crippen MR) is 87.6 cm³/mol. The summed E-state index contributed by atoms with van der Waals surface area (Å²) in [7, 11) is 0. The number of aromatic nitrogens is 2. The summed E-state index contributed by atoms with van der Waals surface area (Å²) in [5.41, 5.74) is 2.67. The topological polar surface area (TPSA) is 78.1 Å². The van der Waals surface area contributed by atoms with E-state index < -0.39 is 0 Å². The normalized spacial score (nSPS) is 10.3. The summed E-state index contributed by atoms with van der Waals surface area (Å²) in [6.07, 6.45) is 2.39. The van der Waals surface area contributed by atoms with Gasteiger partial charge in [0.25, 0.3) is 11.5 Å². The SMILES string of the molecule is CCN(CC)c1ccc(NC(=O)c2c[nH]c(=O)cn2)c(C)c1. The average Bonchev–Trinajstić information content (AvgIpc) is 2.51. The van der Waals surface area contributed by atoms with E-state index in [-0.39, 0.29) is 17.2 Å². The van der Waals surface area contributed by atoms with Gasteiger partial charge in [-0.2, -0.15) is 0 Å². The van der Waals surface area contributed by atoms with Crippen molar-refractivity contribution in [2.45, 2.75) is 20.8 Å². The maximum Gasteiger partial charge on any atom is 0.275 e. The van der Waals surface area contributed by atoms with Crippen LogP contribution in [0.25, 0.3) is 0 Å². The molecule has 2 rings (SSSR count). The zero-order chi connectivity index (χ0) is 16.1. The number of amides is 1. The number of benzene rings is 1. The van der Waals surface area contributed by atoms with E-state index in [9.17, 15) is 9.59 Å². The third-order valence-corrected chi connectivity index (χ3v) is 3.49. The van der Waals surface area contributed by atoms with Crippen LogP contribution < -0.4 is 15.8 Å². The minimum atomic E-state index is -0.352. The smallest absolute Gasteiger partial charge is 0.275 e. The summed E-state index contributed by atoms with van der Waals surface area (Å²) < 4.78 is 0. The second kappa shape index (κ2) is 6.89. The third kappa shape index (κ3) is 3.52. The molecule has 0 bridgehead atoms. The maximum atomic E-state index is 12.1. The Morgan fingerprint density at radius 2 is 2.05 bits per heavy atom. The summed E-state index contributed by atoms with van der Waals surface area (Å²) in [5, 5.41) is 2.81. The third-order valence-electron chi connectivity index (χ3n) is 3.49. The summed E-state index contributed by atoms with van der Waals surface area (Å²) in [6, 6.07) is 5.91. The van der Waals surface area contributed by atoms with Gasteiger partial charge in [0.1, 0.15) is 5.69 Å². The first-order valence-corrected chi connectivity index (χ1v) is 7.26. The summed E-state index contributed by atoms with van der Waals surface area (Å²) in [5.74, 6) is -0.352. The number of carbonyl (C=O) groups excluding carboxylic acids is 1. The molecule has 2 aromatic rings. The van der Waals surface area contributed by atoms with Gasteiger partial charge in [-0.3, -0.25) is 9.59 Å². The van der Waals surface area contributed by atoms with Gasteiger partial charge in [0.05, 0.1) is 6.20 Å². The number of anilines is 2. The Kier molecular flexibility index (Phi) is 4.93. The van der Waals surface area contributed by atoms with Crippen LogP contribution in [0, 0.1) is 6.92 Å². The largest absolute Gasteiger partial charge is 0.372 e. The first kappa shape index (κ1) is 15.8. The number of hydrogen-bond acceptors (Lipinski definition) is 4. The fourth-order valence-corrected chi connectivity index (χ4v) is 2.23. The molecule has 2 N–H and O–H groups in total. The highest BCUT2D eigenvalue weighted by molar-refractivity contribution is 6.03. The van der Waals surface area contributed by atoms with Crippen molar-refractivity contribution in [3.05, 3.63) is 52.2 Å². The Bertz CT molecular complexity index is 700. The van der Waals surface area contributed by atoms with Crippen LogP contribution in [-0.2, 0) is 0 Å². The Balaban J connectivity index is 2.18. The van der Waals surface area contributed by atoms with Gasteiger partial charge in [0.2, 0.25) is 0 Å². The zero-order valence-corrected chi connectivity index (χ0v) is 13.0. The fraction of sp³-hybridized carbons (Fsp3) is 0.312. The molecule has 1 aromatic heterocycles. The molecular weight excluding hydrogens is 280 g/mol. The van der Waals surface area contributed by atoms with Crippen molar-refractivity contribution in [3.8, 4) is 0 Å². The molecule has 22 heavy (non-hydrogen) atoms. The van der Waals surface area contributed by atoms with Crippen molar-refractivity contribution in [3.63, 3.8) is 0 Å². The molecule has 0 aliphatic rings. The Morgan fingerprint density at radius 3 is 2.59 bits per heavy atom. The lowest BCUT2D eigenvalue weighted by atomic mass is 10.1. The number of H-pyrrole nitrogens is 1. The first-order valence-electron chi connectivity index (χ1n) is 7.26. The van der Waals surface area contributed by atoms with Crippen LogP contribution in [0.15, 0.2) is 35.4 Å². The lowest BCUT2D eigenvalue weighted by Gasteiger charge is -2.22. The fourth-order valence-electron chi connectivity index (χ4n) is 2.23. The van der Waals surface area contributed by atoms with Crippen LogP contribution in [0.2, 0.25) is 0 Å². The van der Waals surface area contributed by atoms with Crippen molar-refractivity contribution in [2.24, 2.45) is 0 Å². The molecule has 0 saturated carbocycles. The van der Waals surface area contributed by atoms with E-state index >= 15 is 0 Å². The van der Waals surface area contributed by atoms with E-state index in [1.54, 1.807) is 0 Å². The van der Waals surface area contributed by atoms with Crippen molar-refractivity contribution in [1.29, 1.82) is 0 Å². The highest BCUT2D eigenvalue weighted by atomic mass is 16.2. The molecular formula is C16H20N4O2. The molecule has 0 aliphatic heterocycles. The second-order valence-electron chi connectivity index (χ2n) is 4.92. The van der Waals surface area contributed by atoms with Gasteiger partial charge in [-0.25, -0.2) is 4.98 Å². The molecule has 6 nitrogen and oxygen atoms in total. The highest BCUT2D eigenvalue weighted by Crippen LogP contribution is 2.22. The summed E-state index contributed by atoms with van der Waals surface area (Å²) in [4.78, 5) is 31.5. The molecule has 1 amide bonds. The lowest BCUT2D eigenvalue weighted by Crippen LogP contribution is -2.22. The maximum absolute atomic E-state index is 12.1. The second-order valence-corrected chi connectivity index (χ2v) is 4.92. The van der Waals surface area contributed by atoms with Crippen LogP contribution in [0.1, 0.15) is 29.9 Å². The molecule has 1 aromatic carbocycles. The number of aryl methyl sites for hydroxylation is 1. The standard InChI is InChI=1S/C16H20N4O2/c1-4-20(5-2)12-6-7-13(11(3)8-12)19-16(22)14-9-18-15(21)10-17-14/h6-10H,4-5H2,1-3H3,(H,18,21)(H,19,22). The molecule has 0 saturated heterocycles. The van der Waals surface area contributed by atoms with Crippen LogP contribution >= 0.6 is 0 Å². The minimum Gasteiger partial charge on any atom is -0.372 e.